The Kier molecular flexibility index (Phi) is 7.29. The zero-order valence-electron chi connectivity index (χ0n) is 15.6. The van der Waals surface area contributed by atoms with Crippen LogP contribution in [0.15, 0.2) is 48.5 Å². The molecule has 1 radical (unpaired) electrons. The van der Waals surface area contributed by atoms with Gasteiger partial charge in [0.15, 0.2) is 6.23 Å². The maximum absolute atomic E-state index is 6.23. The van der Waals surface area contributed by atoms with Crippen LogP contribution in [0.2, 0.25) is 0 Å². The normalized spacial score (nSPS) is 13.5. The van der Waals surface area contributed by atoms with Gasteiger partial charge < -0.3 is 14.2 Å². The van der Waals surface area contributed by atoms with Crippen molar-refractivity contribution in [2.45, 2.75) is 32.1 Å². The summed E-state index contributed by atoms with van der Waals surface area (Å²) in [6.07, 6.45) is 1.48. The van der Waals surface area contributed by atoms with Crippen LogP contribution in [0.5, 0.6) is 11.5 Å². The van der Waals surface area contributed by atoms with E-state index in [4.69, 9.17) is 14.2 Å². The van der Waals surface area contributed by atoms with Crippen molar-refractivity contribution in [1.82, 2.24) is 4.90 Å². The lowest BCUT2D eigenvalue weighted by Gasteiger charge is -2.30. The highest BCUT2D eigenvalue weighted by molar-refractivity contribution is 5.35. The van der Waals surface area contributed by atoms with Gasteiger partial charge in [0.1, 0.15) is 17.6 Å². The molecule has 4 heteroatoms. The molecule has 0 fully saturated rings. The van der Waals surface area contributed by atoms with E-state index in [-0.39, 0.29) is 12.3 Å². The van der Waals surface area contributed by atoms with E-state index < -0.39 is 0 Å². The first-order chi connectivity index (χ1) is 12.0. The summed E-state index contributed by atoms with van der Waals surface area (Å²) in [6.45, 7) is 1.95. The smallest absolute Gasteiger partial charge is 0.178 e. The molecular formula is C21H28NO3. The van der Waals surface area contributed by atoms with Crippen LogP contribution in [0.25, 0.3) is 0 Å². The van der Waals surface area contributed by atoms with E-state index in [1.165, 1.54) is 11.1 Å². The van der Waals surface area contributed by atoms with Gasteiger partial charge in [0.05, 0.1) is 14.2 Å². The van der Waals surface area contributed by atoms with Crippen molar-refractivity contribution in [3.63, 3.8) is 0 Å². The fourth-order valence-electron chi connectivity index (χ4n) is 2.77. The van der Waals surface area contributed by atoms with Crippen LogP contribution in [0.1, 0.15) is 18.1 Å². The van der Waals surface area contributed by atoms with E-state index in [1.54, 1.807) is 7.11 Å². The Bertz CT molecular complexity index is 657. The summed E-state index contributed by atoms with van der Waals surface area (Å²) < 4.78 is 16.7. The molecule has 0 bridgehead atoms. The van der Waals surface area contributed by atoms with E-state index in [0.29, 0.717) is 0 Å². The van der Waals surface area contributed by atoms with Crippen molar-refractivity contribution in [2.75, 3.05) is 21.2 Å². The summed E-state index contributed by atoms with van der Waals surface area (Å²) in [7, 11) is 9.16. The first-order valence-corrected chi connectivity index (χ1v) is 8.50. The number of nitrogens with zero attached hydrogens (tertiary/aromatic N) is 1. The van der Waals surface area contributed by atoms with Gasteiger partial charge in [-0.25, -0.2) is 0 Å². The van der Waals surface area contributed by atoms with E-state index in [9.17, 15) is 0 Å². The lowest BCUT2D eigenvalue weighted by atomic mass is 10.0. The summed E-state index contributed by atoms with van der Waals surface area (Å²) in [5.74, 6) is 1.77. The number of benzene rings is 2. The second-order valence-electron chi connectivity index (χ2n) is 6.30. The maximum atomic E-state index is 6.23. The lowest BCUT2D eigenvalue weighted by molar-refractivity contribution is -0.0437. The summed E-state index contributed by atoms with van der Waals surface area (Å²) in [5, 5.41) is 0. The number of rotatable bonds is 9. The molecule has 1 unspecified atom stereocenters. The Morgan fingerprint density at radius 2 is 1.80 bits per heavy atom. The molecule has 0 aromatic heterocycles. The van der Waals surface area contributed by atoms with Crippen LogP contribution in [0.4, 0.5) is 0 Å². The molecule has 4 nitrogen and oxygen atoms in total. The van der Waals surface area contributed by atoms with Crippen molar-refractivity contribution < 1.29 is 14.2 Å². The number of likely N-dealkylation sites (N-methyl/N-ethyl adjacent to an activating group) is 1. The summed E-state index contributed by atoms with van der Waals surface area (Å²) >= 11 is 0. The molecule has 2 aromatic rings. The second-order valence-corrected chi connectivity index (χ2v) is 6.30. The average Bonchev–Trinajstić information content (AvgIpc) is 2.64. The predicted molar refractivity (Wildman–Crippen MR) is 101 cm³/mol. The number of para-hydroxylation sites is 1. The quantitative estimate of drug-likeness (QED) is 0.646. The molecule has 0 aliphatic carbocycles. The largest absolute Gasteiger partial charge is 0.497 e. The van der Waals surface area contributed by atoms with Gasteiger partial charge in [-0.3, -0.25) is 4.90 Å². The first kappa shape index (κ1) is 19.3. The lowest BCUT2D eigenvalue weighted by Crippen LogP contribution is -2.43. The molecule has 2 rings (SSSR count). The topological polar surface area (TPSA) is 30.9 Å². The first-order valence-electron chi connectivity index (χ1n) is 8.50. The zero-order chi connectivity index (χ0) is 18.2. The summed E-state index contributed by atoms with van der Waals surface area (Å²) in [5.41, 5.74) is 2.42. The molecule has 0 amide bonds. The van der Waals surface area contributed by atoms with Gasteiger partial charge in [-0.05, 0) is 63.2 Å². The number of hydrogen-bond acceptors (Lipinski definition) is 4. The SMILES string of the molecule is [CH2]OC(C)[C@H](Oc1ccccc1CCc1cccc(OC)c1)N(C)C. The van der Waals surface area contributed by atoms with Gasteiger partial charge in [-0.15, -0.1) is 0 Å². The van der Waals surface area contributed by atoms with E-state index >= 15 is 0 Å². The molecule has 0 heterocycles. The van der Waals surface area contributed by atoms with Crippen LogP contribution < -0.4 is 9.47 Å². The van der Waals surface area contributed by atoms with Crippen LogP contribution in [-0.4, -0.2) is 38.4 Å². The highest BCUT2D eigenvalue weighted by Crippen LogP contribution is 2.24. The van der Waals surface area contributed by atoms with Crippen LogP contribution in [-0.2, 0) is 17.6 Å². The Labute approximate surface area is 151 Å². The third-order valence-corrected chi connectivity index (χ3v) is 4.21. The number of hydrogen-bond donors (Lipinski definition) is 0. The fourth-order valence-corrected chi connectivity index (χ4v) is 2.77. The molecule has 2 aromatic carbocycles. The second kappa shape index (κ2) is 9.44. The molecule has 0 saturated heterocycles. The Hall–Kier alpha value is -2.04. The van der Waals surface area contributed by atoms with Gasteiger partial charge in [0.25, 0.3) is 0 Å². The minimum atomic E-state index is -0.199. The Morgan fingerprint density at radius 3 is 2.48 bits per heavy atom. The molecule has 25 heavy (non-hydrogen) atoms. The summed E-state index contributed by atoms with van der Waals surface area (Å²) in [6, 6.07) is 16.3. The van der Waals surface area contributed by atoms with Crippen molar-refractivity contribution in [3.05, 3.63) is 66.8 Å². The molecule has 0 saturated carbocycles. The third kappa shape index (κ3) is 5.48. The number of ether oxygens (including phenoxy) is 3. The van der Waals surface area contributed by atoms with Crippen LogP contribution in [0.3, 0.4) is 0 Å². The molecule has 0 aliphatic heterocycles. The van der Waals surface area contributed by atoms with Gasteiger partial charge >= 0.3 is 0 Å². The van der Waals surface area contributed by atoms with Crippen molar-refractivity contribution >= 4 is 0 Å². The Morgan fingerprint density at radius 1 is 1.04 bits per heavy atom. The van der Waals surface area contributed by atoms with Gasteiger partial charge in [0.2, 0.25) is 0 Å². The minimum absolute atomic E-state index is 0.138. The predicted octanol–water partition coefficient (Wildman–Crippen LogP) is 3.94. The highest BCUT2D eigenvalue weighted by Gasteiger charge is 2.22. The Balaban J connectivity index is 2.11. The summed E-state index contributed by atoms with van der Waals surface area (Å²) in [4.78, 5) is 1.99. The fraction of sp³-hybridized carbons (Fsp3) is 0.381. The molecule has 0 spiro atoms. The minimum Gasteiger partial charge on any atom is -0.497 e. The number of methoxy groups -OCH3 is 1. The van der Waals surface area contributed by atoms with Crippen molar-refractivity contribution in [3.8, 4) is 11.5 Å². The van der Waals surface area contributed by atoms with Crippen molar-refractivity contribution in [1.29, 1.82) is 0 Å². The van der Waals surface area contributed by atoms with Crippen molar-refractivity contribution in [2.24, 2.45) is 0 Å². The van der Waals surface area contributed by atoms with Crippen LogP contribution >= 0.6 is 0 Å². The van der Waals surface area contributed by atoms with Gasteiger partial charge in [-0.1, -0.05) is 30.3 Å². The van der Waals surface area contributed by atoms with Crippen LogP contribution in [0, 0.1) is 7.11 Å². The van der Waals surface area contributed by atoms with E-state index in [2.05, 4.69) is 25.3 Å². The standard InChI is InChI=1S/C21H28NO3/c1-16(23-4)21(22(2)3)25-20-12-7-6-10-18(20)14-13-17-9-8-11-19(15-17)24-5/h6-12,15-16,21H,4,13-14H2,1-3,5H3/t16?,21-/m0/s1. The molecular weight excluding hydrogens is 314 g/mol. The molecule has 2 atom stereocenters. The van der Waals surface area contributed by atoms with Gasteiger partial charge in [0, 0.05) is 0 Å². The van der Waals surface area contributed by atoms with Gasteiger partial charge in [-0.2, -0.15) is 0 Å². The van der Waals surface area contributed by atoms with E-state index in [0.717, 1.165) is 24.3 Å². The zero-order valence-corrected chi connectivity index (χ0v) is 15.6. The molecule has 0 N–H and O–H groups in total. The highest BCUT2D eigenvalue weighted by atomic mass is 16.5. The third-order valence-electron chi connectivity index (χ3n) is 4.21. The molecule has 0 aliphatic rings. The van der Waals surface area contributed by atoms with E-state index in [1.807, 2.05) is 56.3 Å². The molecule has 135 valence electrons. The average molecular weight is 342 g/mol. The number of aryl methyl sites for hydroxylation is 2. The monoisotopic (exact) mass is 342 g/mol. The maximum Gasteiger partial charge on any atom is 0.178 e.